The van der Waals surface area contributed by atoms with E-state index in [1.807, 2.05) is 18.7 Å². The first kappa shape index (κ1) is 57.8. The summed E-state index contributed by atoms with van der Waals surface area (Å²) in [5.41, 5.74) is 16.5. The number of amides is 10. The molecule has 22 nitrogen and oxygen atoms in total. The molecule has 3 aromatic rings. The lowest BCUT2D eigenvalue weighted by Gasteiger charge is -2.28. The van der Waals surface area contributed by atoms with Crippen molar-refractivity contribution in [3.8, 4) is 0 Å². The van der Waals surface area contributed by atoms with Crippen LogP contribution in [0, 0.1) is 5.92 Å². The van der Waals surface area contributed by atoms with Gasteiger partial charge >= 0.3 is 12.1 Å². The summed E-state index contributed by atoms with van der Waals surface area (Å²) in [5, 5.41) is 13.7. The summed E-state index contributed by atoms with van der Waals surface area (Å²) in [6, 6.07) is 10.7. The minimum absolute atomic E-state index is 0.0724. The summed E-state index contributed by atoms with van der Waals surface area (Å²) >= 11 is 0. The van der Waals surface area contributed by atoms with Crippen molar-refractivity contribution in [3.05, 3.63) is 100 Å². The SMILES string of the molecule is CCCN(CCC)C(=O)C1=Cc2ccc(C(=O)Nc3cnc4c(c3)CN(C(=O)OCc3ccc(NC(=O)C(CCCNC(N)=O)NC(=O)[C@@H](NC(=O)CCCCCN5C(=O)C=CC5=O)C(C)C)cc3)CC4)cc2N=C(N)C1. The molecule has 9 N–H and O–H groups in total. The average Bonchev–Trinajstić information content (AvgIpc) is 3.61. The number of hydrogen-bond donors (Lipinski definition) is 7. The smallest absolute Gasteiger partial charge is 0.410 e. The molecule has 0 radical (unpaired) electrons. The fourth-order valence-electron chi connectivity index (χ4n) is 8.94. The van der Waals surface area contributed by atoms with Crippen molar-refractivity contribution in [1.29, 1.82) is 0 Å². The number of anilines is 2. The van der Waals surface area contributed by atoms with E-state index in [2.05, 4.69) is 36.6 Å². The maximum atomic E-state index is 13.7. The first-order valence-corrected chi connectivity index (χ1v) is 26.2. The number of amidine groups is 1. The van der Waals surface area contributed by atoms with Gasteiger partial charge in [0.15, 0.2) is 0 Å². The third-order valence-corrected chi connectivity index (χ3v) is 13.0. The predicted octanol–water partition coefficient (Wildman–Crippen LogP) is 4.95. The molecule has 1 unspecified atom stereocenters. The van der Waals surface area contributed by atoms with Crippen molar-refractivity contribution in [2.24, 2.45) is 22.4 Å². The predicted molar refractivity (Wildman–Crippen MR) is 289 cm³/mol. The van der Waals surface area contributed by atoms with E-state index in [0.717, 1.165) is 29.0 Å². The molecule has 10 amide bonds. The number of ether oxygens (including phenoxy) is 1. The van der Waals surface area contributed by atoms with Crippen LogP contribution in [0.25, 0.3) is 6.08 Å². The monoisotopic (exact) mass is 1060 g/mol. The molecule has 0 bridgehead atoms. The number of unbranched alkanes of at least 4 members (excludes halogenated alkanes) is 2. The summed E-state index contributed by atoms with van der Waals surface area (Å²) in [5.74, 6) is -2.76. The van der Waals surface area contributed by atoms with Crippen LogP contribution < -0.4 is 38.1 Å². The van der Waals surface area contributed by atoms with Gasteiger partial charge in [-0.05, 0) is 92.0 Å². The molecule has 0 aliphatic carbocycles. The largest absolute Gasteiger partial charge is 0.445 e. The second-order valence-corrected chi connectivity index (χ2v) is 19.5. The lowest BCUT2D eigenvalue weighted by atomic mass is 10.0. The minimum atomic E-state index is -1.06. The van der Waals surface area contributed by atoms with Crippen molar-refractivity contribution in [2.45, 2.75) is 117 Å². The fraction of sp³-hybridized carbons (Fsp3) is 0.436. The number of benzene rings is 2. The number of imide groups is 1. The highest BCUT2D eigenvalue weighted by molar-refractivity contribution is 6.13. The van der Waals surface area contributed by atoms with E-state index in [1.165, 1.54) is 12.2 Å². The number of rotatable bonds is 25. The Morgan fingerprint density at radius 2 is 1.57 bits per heavy atom. The van der Waals surface area contributed by atoms with E-state index < -0.39 is 41.9 Å². The third kappa shape index (κ3) is 16.8. The summed E-state index contributed by atoms with van der Waals surface area (Å²) < 4.78 is 5.67. The normalized spacial score (nSPS) is 14.5. The van der Waals surface area contributed by atoms with Crippen LogP contribution in [-0.2, 0) is 53.1 Å². The van der Waals surface area contributed by atoms with Gasteiger partial charge in [0.05, 0.1) is 24.1 Å². The second kappa shape index (κ2) is 27.9. The Bertz CT molecular complexity index is 2770. The lowest BCUT2D eigenvalue weighted by Crippen LogP contribution is -2.54. The number of aliphatic imine (C=N–C) groups is 1. The number of urea groups is 1. The topological polar surface area (TPSA) is 310 Å². The zero-order valence-electron chi connectivity index (χ0n) is 44.2. The number of fused-ring (bicyclic) bond motifs is 2. The molecule has 4 heterocycles. The molecular weight excluding hydrogens is 989 g/mol. The van der Waals surface area contributed by atoms with Crippen LogP contribution >= 0.6 is 0 Å². The highest BCUT2D eigenvalue weighted by atomic mass is 16.6. The van der Waals surface area contributed by atoms with Crippen molar-refractivity contribution in [1.82, 2.24) is 35.6 Å². The summed E-state index contributed by atoms with van der Waals surface area (Å²) in [7, 11) is 0. The first-order chi connectivity index (χ1) is 36.9. The molecule has 0 saturated carbocycles. The zero-order chi connectivity index (χ0) is 55.6. The molecule has 2 atom stereocenters. The molecular formula is C55H70N12O10. The molecule has 77 heavy (non-hydrogen) atoms. The maximum Gasteiger partial charge on any atom is 0.410 e. The Hall–Kier alpha value is -8.43. The number of carbonyl (C=O) groups is 9. The third-order valence-electron chi connectivity index (χ3n) is 13.0. The van der Waals surface area contributed by atoms with Gasteiger partial charge in [-0.25, -0.2) is 14.6 Å². The Kier molecular flexibility index (Phi) is 21.0. The molecule has 1 aromatic heterocycles. The highest BCUT2D eigenvalue weighted by Crippen LogP contribution is 2.30. The van der Waals surface area contributed by atoms with Crippen LogP contribution in [-0.4, -0.2) is 124 Å². The number of nitrogens with one attached hydrogen (secondary N) is 5. The van der Waals surface area contributed by atoms with Crippen molar-refractivity contribution in [3.63, 3.8) is 0 Å². The molecule has 0 spiro atoms. The van der Waals surface area contributed by atoms with Gasteiger partial charge in [-0.1, -0.05) is 52.3 Å². The number of nitrogens with zero attached hydrogens (tertiary/aromatic N) is 5. The van der Waals surface area contributed by atoms with Crippen LogP contribution in [0.5, 0.6) is 0 Å². The number of primary amides is 1. The van der Waals surface area contributed by atoms with Gasteiger partial charge in [0, 0.05) is 92.2 Å². The van der Waals surface area contributed by atoms with Gasteiger partial charge in [-0.2, -0.15) is 0 Å². The molecule has 6 rings (SSSR count). The molecule has 3 aliphatic heterocycles. The van der Waals surface area contributed by atoms with Gasteiger partial charge in [-0.3, -0.25) is 43.4 Å². The fourth-order valence-corrected chi connectivity index (χ4v) is 8.94. The van der Waals surface area contributed by atoms with Gasteiger partial charge in [0.1, 0.15) is 24.5 Å². The number of hydrogen-bond acceptors (Lipinski definition) is 13. The van der Waals surface area contributed by atoms with Crippen molar-refractivity contribution in [2.75, 3.05) is 43.4 Å². The number of carbonyl (C=O) groups excluding carboxylic acids is 9. The Balaban J connectivity index is 0.990. The van der Waals surface area contributed by atoms with Gasteiger partial charge in [0.2, 0.25) is 23.6 Å². The van der Waals surface area contributed by atoms with E-state index >= 15 is 0 Å². The van der Waals surface area contributed by atoms with Crippen molar-refractivity contribution >= 4 is 82.4 Å². The second-order valence-electron chi connectivity index (χ2n) is 19.5. The maximum absolute atomic E-state index is 13.7. The Morgan fingerprint density at radius 3 is 2.26 bits per heavy atom. The minimum Gasteiger partial charge on any atom is -0.445 e. The first-order valence-electron chi connectivity index (χ1n) is 26.2. The summed E-state index contributed by atoms with van der Waals surface area (Å²) in [6.45, 7) is 9.74. The molecule has 0 saturated heterocycles. The molecule has 2 aromatic carbocycles. The van der Waals surface area contributed by atoms with Crippen molar-refractivity contribution < 1.29 is 47.9 Å². The van der Waals surface area contributed by atoms with E-state index in [-0.39, 0.29) is 87.3 Å². The molecule has 22 heteroatoms. The van der Waals surface area contributed by atoms with Gasteiger partial charge in [-0.15, -0.1) is 0 Å². The van der Waals surface area contributed by atoms with Gasteiger partial charge < -0.3 is 52.6 Å². The number of nitrogens with two attached hydrogens (primary N) is 2. The molecule has 3 aliphatic rings. The van der Waals surface area contributed by atoms with E-state index in [4.69, 9.17) is 16.2 Å². The Morgan fingerprint density at radius 1 is 0.844 bits per heavy atom. The Labute approximate surface area is 447 Å². The summed E-state index contributed by atoms with van der Waals surface area (Å²) in [4.78, 5) is 129. The van der Waals surface area contributed by atoms with Crippen LogP contribution in [0.2, 0.25) is 0 Å². The summed E-state index contributed by atoms with van der Waals surface area (Å²) in [6.07, 6.45) is 9.66. The standard InChI is InChI=1S/C55H70N12O10/c1-5-23-65(24-6-2)53(74)38-27-36-15-16-37(29-44(36)62-45(56)30-38)50(71)61-41-28-39-32-66(26-21-42(39)59-31-41)55(76)77-33-35-13-17-40(18-14-35)60-51(72)43(11-10-22-58-54(57)75)63-52(73)49(34(3)4)64-46(68)12-8-7-9-25-67-47(69)19-20-48(67)70/h13-20,27-29,31,34,43,49H,5-12,21-26,30,32-33H2,1-4H3,(H2,56,62)(H,60,72)(H,61,71)(H,63,73)(H,64,68)(H3,57,58,75)/t43?,49-/m0/s1. The van der Waals surface area contributed by atoms with E-state index in [0.29, 0.717) is 84.6 Å². The van der Waals surface area contributed by atoms with Crippen LogP contribution in [0.1, 0.15) is 118 Å². The highest BCUT2D eigenvalue weighted by Gasteiger charge is 2.30. The molecule has 410 valence electrons. The number of pyridine rings is 1. The van der Waals surface area contributed by atoms with Crippen LogP contribution in [0.4, 0.5) is 26.7 Å². The van der Waals surface area contributed by atoms with E-state index in [9.17, 15) is 43.2 Å². The van der Waals surface area contributed by atoms with Crippen LogP contribution in [0.15, 0.2) is 77.4 Å². The average molecular weight is 1060 g/mol. The zero-order valence-corrected chi connectivity index (χ0v) is 44.2. The quantitative estimate of drug-likeness (QED) is 0.0438. The lowest BCUT2D eigenvalue weighted by molar-refractivity contribution is -0.137. The van der Waals surface area contributed by atoms with Crippen LogP contribution in [0.3, 0.4) is 0 Å². The molecule has 0 fully saturated rings. The van der Waals surface area contributed by atoms with E-state index in [1.54, 1.807) is 79.6 Å². The van der Waals surface area contributed by atoms with Gasteiger partial charge in [0.25, 0.3) is 17.7 Å². The number of aromatic nitrogens is 1.